The molecule has 1 aromatic carbocycles. The Bertz CT molecular complexity index is 405. The average molecular weight is 259 g/mol. The van der Waals surface area contributed by atoms with Gasteiger partial charge in [-0.3, -0.25) is 0 Å². The van der Waals surface area contributed by atoms with Crippen LogP contribution in [0.25, 0.3) is 0 Å². The minimum absolute atomic E-state index is 0.0669. The average Bonchev–Trinajstić information content (AvgIpc) is 2.29. The van der Waals surface area contributed by atoms with Crippen molar-refractivity contribution in [1.82, 2.24) is 5.32 Å². The molecule has 2 atom stereocenters. The lowest BCUT2D eigenvalue weighted by Gasteiger charge is -2.31. The lowest BCUT2D eigenvalue weighted by molar-refractivity contribution is -0.275. The van der Waals surface area contributed by atoms with Gasteiger partial charge in [-0.25, -0.2) is 0 Å². The molecule has 0 aliphatic carbocycles. The van der Waals surface area contributed by atoms with Crippen molar-refractivity contribution in [3.63, 3.8) is 0 Å². The SMILES string of the molecule is CC1CCNCC1c1ccccc1OC(F)(F)F. The van der Waals surface area contributed by atoms with Gasteiger partial charge in [0.2, 0.25) is 0 Å². The van der Waals surface area contributed by atoms with Crippen molar-refractivity contribution in [3.8, 4) is 5.75 Å². The van der Waals surface area contributed by atoms with Gasteiger partial charge in [0.25, 0.3) is 0 Å². The molecule has 1 saturated heterocycles. The van der Waals surface area contributed by atoms with Crippen molar-refractivity contribution in [1.29, 1.82) is 0 Å². The molecule has 18 heavy (non-hydrogen) atoms. The van der Waals surface area contributed by atoms with Crippen molar-refractivity contribution in [3.05, 3.63) is 29.8 Å². The summed E-state index contributed by atoms with van der Waals surface area (Å²) in [4.78, 5) is 0. The third-order valence-electron chi connectivity index (χ3n) is 3.37. The van der Waals surface area contributed by atoms with Gasteiger partial charge in [-0.05, 0) is 30.5 Å². The molecule has 0 bridgehead atoms. The summed E-state index contributed by atoms with van der Waals surface area (Å²) in [5.41, 5.74) is 0.634. The van der Waals surface area contributed by atoms with Crippen LogP contribution in [0.2, 0.25) is 0 Å². The van der Waals surface area contributed by atoms with Gasteiger partial charge in [0.05, 0.1) is 0 Å². The number of alkyl halides is 3. The summed E-state index contributed by atoms with van der Waals surface area (Å²) in [7, 11) is 0. The maximum absolute atomic E-state index is 12.3. The van der Waals surface area contributed by atoms with Gasteiger partial charge in [-0.2, -0.15) is 0 Å². The number of hydrogen-bond acceptors (Lipinski definition) is 2. The van der Waals surface area contributed by atoms with Gasteiger partial charge in [0.1, 0.15) is 5.75 Å². The van der Waals surface area contributed by atoms with Crippen molar-refractivity contribution < 1.29 is 17.9 Å². The Morgan fingerprint density at radius 1 is 1.28 bits per heavy atom. The van der Waals surface area contributed by atoms with Gasteiger partial charge >= 0.3 is 6.36 Å². The first-order chi connectivity index (χ1) is 8.47. The van der Waals surface area contributed by atoms with Crippen molar-refractivity contribution >= 4 is 0 Å². The zero-order chi connectivity index (χ0) is 13.2. The fourth-order valence-corrected chi connectivity index (χ4v) is 2.41. The lowest BCUT2D eigenvalue weighted by atomic mass is 9.82. The standard InChI is InChI=1S/C13H16F3NO/c1-9-6-7-17-8-11(9)10-4-2-3-5-12(10)18-13(14,15)16/h2-5,9,11,17H,6-8H2,1H3. The first-order valence-electron chi connectivity index (χ1n) is 6.03. The van der Waals surface area contributed by atoms with E-state index in [0.29, 0.717) is 18.0 Å². The van der Waals surface area contributed by atoms with E-state index in [4.69, 9.17) is 0 Å². The molecule has 1 N–H and O–H groups in total. The Morgan fingerprint density at radius 3 is 2.67 bits per heavy atom. The van der Waals surface area contributed by atoms with E-state index in [9.17, 15) is 13.2 Å². The Hall–Kier alpha value is -1.23. The molecule has 0 aromatic heterocycles. The van der Waals surface area contributed by atoms with Crippen LogP contribution < -0.4 is 10.1 Å². The number of para-hydroxylation sites is 1. The molecule has 0 saturated carbocycles. The van der Waals surface area contributed by atoms with E-state index in [1.54, 1.807) is 18.2 Å². The maximum Gasteiger partial charge on any atom is 0.573 e. The van der Waals surface area contributed by atoms with Crippen LogP contribution in [0.1, 0.15) is 24.8 Å². The van der Waals surface area contributed by atoms with Crippen LogP contribution in [0, 0.1) is 5.92 Å². The monoisotopic (exact) mass is 259 g/mol. The number of piperidine rings is 1. The van der Waals surface area contributed by atoms with Crippen LogP contribution in [-0.4, -0.2) is 19.5 Å². The molecular formula is C13H16F3NO. The predicted octanol–water partition coefficient (Wildman–Crippen LogP) is 3.30. The number of benzene rings is 1. The summed E-state index contributed by atoms with van der Waals surface area (Å²) in [5.74, 6) is 0.340. The second kappa shape index (κ2) is 5.18. The summed E-state index contributed by atoms with van der Waals surface area (Å²) in [6, 6.07) is 6.41. The smallest absolute Gasteiger partial charge is 0.405 e. The van der Waals surface area contributed by atoms with Crippen LogP contribution in [0.4, 0.5) is 13.2 Å². The highest BCUT2D eigenvalue weighted by Gasteiger charge is 2.34. The Labute approximate surface area is 104 Å². The third-order valence-corrected chi connectivity index (χ3v) is 3.37. The Morgan fingerprint density at radius 2 is 2.00 bits per heavy atom. The molecule has 0 spiro atoms. The molecule has 1 aliphatic rings. The van der Waals surface area contributed by atoms with E-state index < -0.39 is 6.36 Å². The highest BCUT2D eigenvalue weighted by molar-refractivity contribution is 5.37. The third kappa shape index (κ3) is 3.16. The normalized spacial score (nSPS) is 24.9. The number of ether oxygens (including phenoxy) is 1. The van der Waals surface area contributed by atoms with E-state index in [0.717, 1.165) is 13.0 Å². The zero-order valence-electron chi connectivity index (χ0n) is 10.1. The first-order valence-corrected chi connectivity index (χ1v) is 6.03. The molecule has 2 unspecified atom stereocenters. The van der Waals surface area contributed by atoms with Crippen molar-refractivity contribution in [2.75, 3.05) is 13.1 Å². The minimum atomic E-state index is -4.64. The van der Waals surface area contributed by atoms with Gasteiger partial charge in [-0.1, -0.05) is 25.1 Å². The maximum atomic E-state index is 12.3. The molecule has 2 rings (SSSR count). The van der Waals surface area contributed by atoms with Crippen LogP contribution in [0.5, 0.6) is 5.75 Å². The summed E-state index contributed by atoms with van der Waals surface area (Å²) in [5, 5.41) is 3.22. The molecule has 0 radical (unpaired) electrons. The largest absolute Gasteiger partial charge is 0.573 e. The molecule has 100 valence electrons. The van der Waals surface area contributed by atoms with Gasteiger partial charge < -0.3 is 10.1 Å². The molecule has 2 nitrogen and oxygen atoms in total. The lowest BCUT2D eigenvalue weighted by Crippen LogP contribution is -2.34. The minimum Gasteiger partial charge on any atom is -0.405 e. The van der Waals surface area contributed by atoms with Crippen LogP contribution in [0.3, 0.4) is 0 Å². The summed E-state index contributed by atoms with van der Waals surface area (Å²) >= 11 is 0. The van der Waals surface area contributed by atoms with Crippen molar-refractivity contribution in [2.24, 2.45) is 5.92 Å². The highest BCUT2D eigenvalue weighted by Crippen LogP contribution is 2.36. The second-order valence-electron chi connectivity index (χ2n) is 4.66. The Balaban J connectivity index is 2.26. The molecule has 0 amide bonds. The van der Waals surface area contributed by atoms with Gasteiger partial charge in [0.15, 0.2) is 0 Å². The molecule has 1 aliphatic heterocycles. The summed E-state index contributed by atoms with van der Waals surface area (Å²) in [6.45, 7) is 3.68. The van der Waals surface area contributed by atoms with Crippen molar-refractivity contribution in [2.45, 2.75) is 25.6 Å². The number of nitrogens with one attached hydrogen (secondary N) is 1. The van der Waals surface area contributed by atoms with Gasteiger partial charge in [0, 0.05) is 12.5 Å². The van der Waals surface area contributed by atoms with Gasteiger partial charge in [-0.15, -0.1) is 13.2 Å². The number of hydrogen-bond donors (Lipinski definition) is 1. The Kier molecular flexibility index (Phi) is 3.80. The summed E-state index contributed by atoms with van der Waals surface area (Å²) in [6.07, 6.45) is -3.67. The van der Waals surface area contributed by atoms with E-state index >= 15 is 0 Å². The van der Waals surface area contributed by atoms with E-state index in [1.165, 1.54) is 6.07 Å². The van der Waals surface area contributed by atoms with E-state index in [-0.39, 0.29) is 11.7 Å². The first kappa shape index (κ1) is 13.2. The zero-order valence-corrected chi connectivity index (χ0v) is 10.1. The predicted molar refractivity (Wildman–Crippen MR) is 62.5 cm³/mol. The molecule has 5 heteroatoms. The van der Waals surface area contributed by atoms with Crippen LogP contribution >= 0.6 is 0 Å². The fourth-order valence-electron chi connectivity index (χ4n) is 2.41. The van der Waals surface area contributed by atoms with E-state index in [1.807, 2.05) is 0 Å². The molecule has 1 fully saturated rings. The van der Waals surface area contributed by atoms with Crippen LogP contribution in [-0.2, 0) is 0 Å². The molecule has 1 heterocycles. The highest BCUT2D eigenvalue weighted by atomic mass is 19.4. The second-order valence-corrected chi connectivity index (χ2v) is 4.66. The fraction of sp³-hybridized carbons (Fsp3) is 0.538. The van der Waals surface area contributed by atoms with E-state index in [2.05, 4.69) is 17.0 Å². The molecular weight excluding hydrogens is 243 g/mol. The van der Waals surface area contributed by atoms with Crippen LogP contribution in [0.15, 0.2) is 24.3 Å². The summed E-state index contributed by atoms with van der Waals surface area (Å²) < 4.78 is 41.2. The topological polar surface area (TPSA) is 21.3 Å². The number of rotatable bonds is 2. The molecule has 1 aromatic rings. The quantitative estimate of drug-likeness (QED) is 0.880. The number of halogens is 3.